The summed E-state index contributed by atoms with van der Waals surface area (Å²) in [5.74, 6) is 0.684. The van der Waals surface area contributed by atoms with E-state index in [1.54, 1.807) is 19.2 Å². The number of ether oxygens (including phenoxy) is 2. The Kier molecular flexibility index (Phi) is 4.61. The van der Waals surface area contributed by atoms with Crippen molar-refractivity contribution in [3.8, 4) is 11.8 Å². The van der Waals surface area contributed by atoms with Crippen molar-refractivity contribution in [3.05, 3.63) is 23.8 Å². The maximum absolute atomic E-state index is 8.86. The molecule has 1 unspecified atom stereocenters. The molecule has 2 rings (SSSR count). The van der Waals surface area contributed by atoms with Crippen LogP contribution in [0.15, 0.2) is 18.2 Å². The fraction of sp³-hybridized carbons (Fsp3) is 0.500. The third-order valence-electron chi connectivity index (χ3n) is 3.19. The van der Waals surface area contributed by atoms with E-state index < -0.39 is 0 Å². The van der Waals surface area contributed by atoms with Gasteiger partial charge in [-0.2, -0.15) is 5.26 Å². The molecule has 102 valence electrons. The lowest BCUT2D eigenvalue weighted by Gasteiger charge is -2.30. The lowest BCUT2D eigenvalue weighted by atomic mass is 10.2. The fourth-order valence-electron chi connectivity index (χ4n) is 2.12. The van der Waals surface area contributed by atoms with Gasteiger partial charge >= 0.3 is 0 Å². The van der Waals surface area contributed by atoms with E-state index in [9.17, 15) is 0 Å². The number of benzene rings is 1. The molecule has 1 aliphatic rings. The number of anilines is 1. The van der Waals surface area contributed by atoms with Gasteiger partial charge in [0.05, 0.1) is 37.1 Å². The number of methoxy groups -OCH3 is 1. The molecule has 0 amide bonds. The predicted molar refractivity (Wildman–Crippen MR) is 73.4 cm³/mol. The molecule has 0 aliphatic carbocycles. The van der Waals surface area contributed by atoms with Crippen LogP contribution in [0.3, 0.4) is 0 Å². The summed E-state index contributed by atoms with van der Waals surface area (Å²) in [4.78, 5) is 2.26. The lowest BCUT2D eigenvalue weighted by Crippen LogP contribution is -2.43. The van der Waals surface area contributed by atoms with E-state index in [-0.39, 0.29) is 6.10 Å². The van der Waals surface area contributed by atoms with Crippen molar-refractivity contribution in [2.45, 2.75) is 6.10 Å². The highest BCUT2D eigenvalue weighted by molar-refractivity contribution is 5.59. The highest BCUT2D eigenvalue weighted by Gasteiger charge is 2.17. The van der Waals surface area contributed by atoms with Crippen LogP contribution >= 0.6 is 0 Å². The van der Waals surface area contributed by atoms with Gasteiger partial charge < -0.3 is 19.7 Å². The topological polar surface area (TPSA) is 57.5 Å². The van der Waals surface area contributed by atoms with Crippen LogP contribution in [0.5, 0.6) is 5.75 Å². The highest BCUT2D eigenvalue weighted by Crippen LogP contribution is 2.25. The van der Waals surface area contributed by atoms with Crippen molar-refractivity contribution in [2.24, 2.45) is 0 Å². The molecular weight excluding hydrogens is 242 g/mol. The number of rotatable bonds is 4. The second-order valence-corrected chi connectivity index (χ2v) is 4.66. The minimum Gasteiger partial charge on any atom is -0.495 e. The Labute approximate surface area is 113 Å². The Hall–Kier alpha value is -1.77. The average Bonchev–Trinajstić information content (AvgIpc) is 2.45. The Morgan fingerprint density at radius 2 is 2.42 bits per heavy atom. The van der Waals surface area contributed by atoms with Crippen LogP contribution < -0.4 is 10.1 Å². The molecule has 19 heavy (non-hydrogen) atoms. The summed E-state index contributed by atoms with van der Waals surface area (Å²) in [6, 6.07) is 7.47. The zero-order chi connectivity index (χ0) is 13.7. The zero-order valence-corrected chi connectivity index (χ0v) is 11.3. The summed E-state index contributed by atoms with van der Waals surface area (Å²) in [6.07, 6.45) is 0.180. The molecule has 1 N–H and O–H groups in total. The van der Waals surface area contributed by atoms with Crippen LogP contribution in [-0.2, 0) is 4.74 Å². The van der Waals surface area contributed by atoms with Gasteiger partial charge in [-0.25, -0.2) is 0 Å². The smallest absolute Gasteiger partial charge is 0.143 e. The lowest BCUT2D eigenvalue weighted by molar-refractivity contribution is -0.0117. The van der Waals surface area contributed by atoms with Gasteiger partial charge in [0.2, 0.25) is 0 Å². The number of likely N-dealkylation sites (N-methyl/N-ethyl adjacent to an activating group) is 1. The van der Waals surface area contributed by atoms with E-state index in [0.717, 1.165) is 31.9 Å². The van der Waals surface area contributed by atoms with E-state index in [0.29, 0.717) is 11.3 Å². The molecule has 1 atom stereocenters. The van der Waals surface area contributed by atoms with Crippen molar-refractivity contribution in [1.82, 2.24) is 4.90 Å². The zero-order valence-electron chi connectivity index (χ0n) is 11.3. The Balaban J connectivity index is 1.97. The number of nitrogens with zero attached hydrogens (tertiary/aromatic N) is 2. The Morgan fingerprint density at radius 3 is 3.11 bits per heavy atom. The van der Waals surface area contributed by atoms with Gasteiger partial charge in [-0.3, -0.25) is 0 Å². The summed E-state index contributed by atoms with van der Waals surface area (Å²) in [6.45, 7) is 3.40. The van der Waals surface area contributed by atoms with E-state index in [1.807, 2.05) is 6.07 Å². The fourth-order valence-corrected chi connectivity index (χ4v) is 2.12. The van der Waals surface area contributed by atoms with Gasteiger partial charge in [0.15, 0.2) is 0 Å². The second-order valence-electron chi connectivity index (χ2n) is 4.66. The van der Waals surface area contributed by atoms with Crippen molar-refractivity contribution >= 4 is 5.69 Å². The van der Waals surface area contributed by atoms with Crippen molar-refractivity contribution in [3.63, 3.8) is 0 Å². The molecule has 1 aromatic carbocycles. The van der Waals surface area contributed by atoms with Gasteiger partial charge in [-0.05, 0) is 19.2 Å². The van der Waals surface area contributed by atoms with Crippen LogP contribution in [0.25, 0.3) is 0 Å². The molecule has 5 nitrogen and oxygen atoms in total. The summed E-state index contributed by atoms with van der Waals surface area (Å²) in [5, 5.41) is 12.2. The quantitative estimate of drug-likeness (QED) is 0.885. The first-order chi connectivity index (χ1) is 9.22. The monoisotopic (exact) mass is 261 g/mol. The van der Waals surface area contributed by atoms with E-state index in [2.05, 4.69) is 23.3 Å². The molecule has 0 spiro atoms. The minimum absolute atomic E-state index is 0.180. The summed E-state index contributed by atoms with van der Waals surface area (Å²) >= 11 is 0. The Bertz CT molecular complexity index is 470. The molecule has 1 fully saturated rings. The molecule has 5 heteroatoms. The van der Waals surface area contributed by atoms with Crippen LogP contribution in [0.1, 0.15) is 5.56 Å². The number of hydrogen-bond acceptors (Lipinski definition) is 5. The molecule has 0 aromatic heterocycles. The van der Waals surface area contributed by atoms with Crippen molar-refractivity contribution in [1.29, 1.82) is 5.26 Å². The maximum Gasteiger partial charge on any atom is 0.143 e. The molecular formula is C14H19N3O2. The average molecular weight is 261 g/mol. The normalized spacial score (nSPS) is 19.7. The maximum atomic E-state index is 8.86. The summed E-state index contributed by atoms with van der Waals surface area (Å²) in [7, 11) is 3.70. The minimum atomic E-state index is 0.180. The first-order valence-electron chi connectivity index (χ1n) is 6.35. The third-order valence-corrected chi connectivity index (χ3v) is 3.19. The summed E-state index contributed by atoms with van der Waals surface area (Å²) in [5.41, 5.74) is 1.48. The molecule has 0 bridgehead atoms. The molecule has 1 aliphatic heterocycles. The van der Waals surface area contributed by atoms with Crippen molar-refractivity contribution < 1.29 is 9.47 Å². The number of hydrogen-bond donors (Lipinski definition) is 1. The highest BCUT2D eigenvalue weighted by atomic mass is 16.5. The largest absolute Gasteiger partial charge is 0.495 e. The second kappa shape index (κ2) is 6.41. The standard InChI is InChI=1S/C14H19N3O2/c1-17-5-6-19-12(10-17)9-16-13-4-3-11(8-15)7-14(13)18-2/h3-4,7,12,16H,5-6,9-10H2,1-2H3. The number of nitriles is 1. The number of morpholine rings is 1. The molecule has 0 radical (unpaired) electrons. The third kappa shape index (κ3) is 3.60. The van der Waals surface area contributed by atoms with Gasteiger partial charge in [-0.15, -0.1) is 0 Å². The van der Waals surface area contributed by atoms with Crippen LogP contribution in [0, 0.1) is 11.3 Å². The SMILES string of the molecule is COc1cc(C#N)ccc1NCC1CN(C)CCO1. The van der Waals surface area contributed by atoms with Crippen LogP contribution in [0.4, 0.5) is 5.69 Å². The van der Waals surface area contributed by atoms with Crippen molar-refractivity contribution in [2.75, 3.05) is 45.7 Å². The first-order valence-corrected chi connectivity index (χ1v) is 6.35. The van der Waals surface area contributed by atoms with Gasteiger partial charge in [-0.1, -0.05) is 0 Å². The van der Waals surface area contributed by atoms with Gasteiger partial charge in [0, 0.05) is 25.7 Å². The molecule has 0 saturated carbocycles. The predicted octanol–water partition coefficient (Wildman–Crippen LogP) is 1.31. The van der Waals surface area contributed by atoms with Gasteiger partial charge in [0.1, 0.15) is 5.75 Å². The molecule has 1 heterocycles. The number of nitrogens with one attached hydrogen (secondary N) is 1. The Morgan fingerprint density at radius 1 is 1.58 bits per heavy atom. The first kappa shape index (κ1) is 13.7. The molecule has 1 saturated heterocycles. The van der Waals surface area contributed by atoms with Gasteiger partial charge in [0.25, 0.3) is 0 Å². The van der Waals surface area contributed by atoms with Crippen LogP contribution in [-0.4, -0.2) is 51.4 Å². The van der Waals surface area contributed by atoms with E-state index in [4.69, 9.17) is 14.7 Å². The van der Waals surface area contributed by atoms with Crippen LogP contribution in [0.2, 0.25) is 0 Å². The van der Waals surface area contributed by atoms with E-state index >= 15 is 0 Å². The van der Waals surface area contributed by atoms with E-state index in [1.165, 1.54) is 0 Å². The summed E-state index contributed by atoms with van der Waals surface area (Å²) < 4.78 is 11.0. The molecule has 1 aromatic rings.